The zero-order valence-electron chi connectivity index (χ0n) is 12.9. The van der Waals surface area contributed by atoms with Crippen LogP contribution in [0.4, 0.5) is 0 Å². The van der Waals surface area contributed by atoms with E-state index in [4.69, 9.17) is 4.74 Å². The molecule has 1 N–H and O–H groups in total. The topological polar surface area (TPSA) is 47.0 Å². The number of nitrogens with one attached hydrogen (secondary N) is 1. The highest BCUT2D eigenvalue weighted by Crippen LogP contribution is 2.19. The Morgan fingerprint density at radius 2 is 2.05 bits per heavy atom. The van der Waals surface area contributed by atoms with Crippen molar-refractivity contribution >= 4 is 0 Å². The second-order valence-electron chi connectivity index (χ2n) is 5.40. The third-order valence-electron chi connectivity index (χ3n) is 2.91. The van der Waals surface area contributed by atoms with Crippen molar-refractivity contribution in [1.82, 2.24) is 15.3 Å². The molecule has 0 spiro atoms. The Labute approximate surface area is 117 Å². The first-order chi connectivity index (χ1) is 9.06. The van der Waals surface area contributed by atoms with Crippen molar-refractivity contribution in [1.29, 1.82) is 0 Å². The van der Waals surface area contributed by atoms with E-state index in [0.29, 0.717) is 5.92 Å². The number of methoxy groups -OCH3 is 1. The fourth-order valence-electron chi connectivity index (χ4n) is 2.00. The van der Waals surface area contributed by atoms with Crippen LogP contribution in [-0.2, 0) is 11.3 Å². The summed E-state index contributed by atoms with van der Waals surface area (Å²) in [5, 5.41) is 3.41. The van der Waals surface area contributed by atoms with Gasteiger partial charge in [0.2, 0.25) is 0 Å². The lowest BCUT2D eigenvalue weighted by atomic mass is 10.2. The molecule has 0 aliphatic heterocycles. The summed E-state index contributed by atoms with van der Waals surface area (Å²) in [5.41, 5.74) is 2.05. The van der Waals surface area contributed by atoms with Crippen LogP contribution in [0.2, 0.25) is 0 Å². The van der Waals surface area contributed by atoms with Crippen LogP contribution >= 0.6 is 0 Å². The average Bonchev–Trinajstić information content (AvgIpc) is 2.34. The van der Waals surface area contributed by atoms with Crippen LogP contribution < -0.4 is 5.32 Å². The summed E-state index contributed by atoms with van der Waals surface area (Å²) in [6, 6.07) is 2.04. The number of ether oxygens (including phenoxy) is 1. The molecule has 1 atom stereocenters. The predicted octanol–water partition coefficient (Wildman–Crippen LogP) is 3.02. The van der Waals surface area contributed by atoms with Gasteiger partial charge < -0.3 is 10.1 Å². The molecule has 0 amide bonds. The SMILES string of the molecule is CCCC(OC)c1nc(C)cc(CNCC(C)C)n1. The van der Waals surface area contributed by atoms with Gasteiger partial charge in [-0.15, -0.1) is 0 Å². The summed E-state index contributed by atoms with van der Waals surface area (Å²) in [6.45, 7) is 10.3. The molecule has 0 aliphatic rings. The van der Waals surface area contributed by atoms with E-state index in [2.05, 4.69) is 36.1 Å². The highest BCUT2D eigenvalue weighted by atomic mass is 16.5. The number of aryl methyl sites for hydroxylation is 1. The summed E-state index contributed by atoms with van der Waals surface area (Å²) >= 11 is 0. The van der Waals surface area contributed by atoms with E-state index >= 15 is 0 Å². The average molecular weight is 265 g/mol. The second kappa shape index (κ2) is 8.23. The fourth-order valence-corrected chi connectivity index (χ4v) is 2.00. The monoisotopic (exact) mass is 265 g/mol. The largest absolute Gasteiger partial charge is 0.373 e. The van der Waals surface area contributed by atoms with E-state index in [1.165, 1.54) is 0 Å². The Bertz CT molecular complexity index is 380. The van der Waals surface area contributed by atoms with Crippen LogP contribution in [-0.4, -0.2) is 23.6 Å². The smallest absolute Gasteiger partial charge is 0.157 e. The van der Waals surface area contributed by atoms with Gasteiger partial charge in [0.05, 0.1) is 5.69 Å². The number of aromatic nitrogens is 2. The minimum atomic E-state index is 0.00810. The summed E-state index contributed by atoms with van der Waals surface area (Å²) in [7, 11) is 1.72. The number of nitrogens with zero attached hydrogens (tertiary/aromatic N) is 2. The molecule has 1 unspecified atom stereocenters. The zero-order valence-corrected chi connectivity index (χ0v) is 12.9. The van der Waals surface area contributed by atoms with Crippen molar-refractivity contribution in [2.45, 2.75) is 53.2 Å². The third kappa shape index (κ3) is 5.66. The van der Waals surface area contributed by atoms with Gasteiger partial charge in [-0.25, -0.2) is 9.97 Å². The molecule has 0 saturated carbocycles. The maximum Gasteiger partial charge on any atom is 0.157 e. The van der Waals surface area contributed by atoms with Gasteiger partial charge in [0.25, 0.3) is 0 Å². The van der Waals surface area contributed by atoms with E-state index < -0.39 is 0 Å². The van der Waals surface area contributed by atoms with Crippen LogP contribution in [0.15, 0.2) is 6.07 Å². The summed E-state index contributed by atoms with van der Waals surface area (Å²) in [5.74, 6) is 1.46. The Balaban J connectivity index is 2.75. The van der Waals surface area contributed by atoms with Gasteiger partial charge in [-0.05, 0) is 31.9 Å². The first kappa shape index (κ1) is 16.1. The zero-order chi connectivity index (χ0) is 14.3. The molecule has 0 aromatic carbocycles. The number of rotatable bonds is 8. The van der Waals surface area contributed by atoms with Gasteiger partial charge in [-0.2, -0.15) is 0 Å². The van der Waals surface area contributed by atoms with Crippen molar-refractivity contribution in [2.75, 3.05) is 13.7 Å². The summed E-state index contributed by atoms with van der Waals surface area (Å²) in [6.07, 6.45) is 2.03. The van der Waals surface area contributed by atoms with Crippen molar-refractivity contribution in [2.24, 2.45) is 5.92 Å². The van der Waals surface area contributed by atoms with E-state index in [0.717, 1.165) is 43.1 Å². The molecule has 108 valence electrons. The Hall–Kier alpha value is -1.00. The van der Waals surface area contributed by atoms with Crippen LogP contribution in [0, 0.1) is 12.8 Å². The minimum absolute atomic E-state index is 0.00810. The second-order valence-corrected chi connectivity index (χ2v) is 5.40. The molecular weight excluding hydrogens is 238 g/mol. The fraction of sp³-hybridized carbons (Fsp3) is 0.733. The van der Waals surface area contributed by atoms with Gasteiger partial charge in [0.15, 0.2) is 5.82 Å². The lowest BCUT2D eigenvalue weighted by Gasteiger charge is -2.15. The molecule has 1 rings (SSSR count). The van der Waals surface area contributed by atoms with Gasteiger partial charge in [0, 0.05) is 19.3 Å². The van der Waals surface area contributed by atoms with Crippen molar-refractivity contribution in [3.63, 3.8) is 0 Å². The van der Waals surface area contributed by atoms with E-state index in [9.17, 15) is 0 Å². The lowest BCUT2D eigenvalue weighted by molar-refractivity contribution is 0.0872. The van der Waals surface area contributed by atoms with E-state index in [1.54, 1.807) is 7.11 Å². The predicted molar refractivity (Wildman–Crippen MR) is 78.0 cm³/mol. The normalized spacial score (nSPS) is 12.9. The molecule has 19 heavy (non-hydrogen) atoms. The molecule has 0 saturated heterocycles. The highest BCUT2D eigenvalue weighted by Gasteiger charge is 2.14. The van der Waals surface area contributed by atoms with Gasteiger partial charge in [0.1, 0.15) is 6.10 Å². The van der Waals surface area contributed by atoms with Gasteiger partial charge >= 0.3 is 0 Å². The maximum atomic E-state index is 5.48. The number of hydrogen-bond donors (Lipinski definition) is 1. The first-order valence-electron chi connectivity index (χ1n) is 7.14. The van der Waals surface area contributed by atoms with Crippen LogP contribution in [0.5, 0.6) is 0 Å². The van der Waals surface area contributed by atoms with Gasteiger partial charge in [-0.3, -0.25) is 0 Å². The van der Waals surface area contributed by atoms with Crippen molar-refractivity contribution < 1.29 is 4.74 Å². The molecule has 0 fully saturated rings. The minimum Gasteiger partial charge on any atom is -0.373 e. The Morgan fingerprint density at radius 3 is 2.63 bits per heavy atom. The molecule has 1 aromatic rings. The van der Waals surface area contributed by atoms with Crippen LogP contribution in [0.3, 0.4) is 0 Å². The van der Waals surface area contributed by atoms with E-state index in [1.807, 2.05) is 13.0 Å². The van der Waals surface area contributed by atoms with Crippen LogP contribution in [0.25, 0.3) is 0 Å². The molecule has 4 heteroatoms. The highest BCUT2D eigenvalue weighted by molar-refractivity contribution is 5.11. The molecule has 4 nitrogen and oxygen atoms in total. The Kier molecular flexibility index (Phi) is 6.95. The van der Waals surface area contributed by atoms with Crippen molar-refractivity contribution in [3.8, 4) is 0 Å². The quantitative estimate of drug-likeness (QED) is 0.785. The third-order valence-corrected chi connectivity index (χ3v) is 2.91. The molecule has 1 aromatic heterocycles. The summed E-state index contributed by atoms with van der Waals surface area (Å²) < 4.78 is 5.48. The molecule has 0 radical (unpaired) electrons. The standard InChI is InChI=1S/C15H27N3O/c1-6-7-14(19-5)15-17-12(4)8-13(18-15)10-16-9-11(2)3/h8,11,14,16H,6-7,9-10H2,1-5H3. The van der Waals surface area contributed by atoms with Crippen LogP contribution in [0.1, 0.15) is 56.9 Å². The first-order valence-corrected chi connectivity index (χ1v) is 7.14. The molecule has 0 bridgehead atoms. The number of hydrogen-bond acceptors (Lipinski definition) is 4. The molecule has 1 heterocycles. The van der Waals surface area contributed by atoms with Crippen molar-refractivity contribution in [3.05, 3.63) is 23.3 Å². The van der Waals surface area contributed by atoms with Gasteiger partial charge in [-0.1, -0.05) is 27.2 Å². The Morgan fingerprint density at radius 1 is 1.32 bits per heavy atom. The molecule has 0 aliphatic carbocycles. The maximum absolute atomic E-state index is 5.48. The molecular formula is C15H27N3O. The lowest BCUT2D eigenvalue weighted by Crippen LogP contribution is -2.20. The van der Waals surface area contributed by atoms with E-state index in [-0.39, 0.29) is 6.10 Å². The summed E-state index contributed by atoms with van der Waals surface area (Å²) in [4.78, 5) is 9.12.